The summed E-state index contributed by atoms with van der Waals surface area (Å²) in [6, 6.07) is 6.34. The van der Waals surface area contributed by atoms with E-state index in [0.717, 1.165) is 24.8 Å². The van der Waals surface area contributed by atoms with Crippen molar-refractivity contribution in [2.45, 2.75) is 83.8 Å². The number of aliphatic carboxylic acids is 1. The van der Waals surface area contributed by atoms with Crippen molar-refractivity contribution in [3.05, 3.63) is 29.8 Å². The summed E-state index contributed by atoms with van der Waals surface area (Å²) >= 11 is 0. The minimum atomic E-state index is -1.03. The van der Waals surface area contributed by atoms with Crippen molar-refractivity contribution in [3.8, 4) is 5.75 Å². The minimum absolute atomic E-state index is 0.0225. The number of carboxylic acids is 1. The van der Waals surface area contributed by atoms with Crippen LogP contribution in [0, 0.1) is 11.8 Å². The van der Waals surface area contributed by atoms with Crippen molar-refractivity contribution in [1.82, 2.24) is 15.1 Å². The lowest BCUT2D eigenvalue weighted by Crippen LogP contribution is -2.48. The summed E-state index contributed by atoms with van der Waals surface area (Å²) in [4.78, 5) is 53.5. The lowest BCUT2D eigenvalue weighted by molar-refractivity contribution is -0.138. The zero-order valence-corrected chi connectivity index (χ0v) is 25.1. The molecule has 2 atom stereocenters. The van der Waals surface area contributed by atoms with Gasteiger partial charge in [0, 0.05) is 38.6 Å². The fraction of sp³-hybridized carbons (Fsp3) is 0.677. The van der Waals surface area contributed by atoms with E-state index in [2.05, 4.69) is 5.32 Å². The second-order valence-corrected chi connectivity index (χ2v) is 12.3. The predicted octanol–water partition coefficient (Wildman–Crippen LogP) is 4.20. The monoisotopic (exact) mass is 591 g/mol. The molecule has 0 bridgehead atoms. The van der Waals surface area contributed by atoms with Gasteiger partial charge in [0.15, 0.2) is 0 Å². The van der Waals surface area contributed by atoms with Gasteiger partial charge in [0.1, 0.15) is 24.6 Å². The molecule has 2 heterocycles. The summed E-state index contributed by atoms with van der Waals surface area (Å²) in [7, 11) is 0. The molecule has 0 radical (unpaired) electrons. The van der Waals surface area contributed by atoms with Crippen LogP contribution in [0.3, 0.4) is 0 Å². The molecule has 3 amide bonds. The number of ether oxygens (including phenoxy) is 2. The lowest BCUT2D eigenvalue weighted by Gasteiger charge is -2.35. The Labute approximate surface area is 247 Å². The average Bonchev–Trinajstić information content (AvgIpc) is 2.94. The van der Waals surface area contributed by atoms with E-state index >= 15 is 0 Å². The second-order valence-electron chi connectivity index (χ2n) is 12.3. The second kappa shape index (κ2) is 15.7. The maximum absolute atomic E-state index is 13.2. The number of benzene rings is 1. The molecule has 2 saturated heterocycles. The molecule has 42 heavy (non-hydrogen) atoms. The largest absolute Gasteiger partial charge is 0.491 e. The number of amides is 3. The van der Waals surface area contributed by atoms with Gasteiger partial charge in [-0.25, -0.2) is 9.18 Å². The number of halogens is 1. The summed E-state index contributed by atoms with van der Waals surface area (Å²) < 4.78 is 23.2. The van der Waals surface area contributed by atoms with Crippen molar-refractivity contribution in [1.29, 1.82) is 0 Å². The molecule has 1 aromatic carbocycles. The van der Waals surface area contributed by atoms with E-state index in [0.29, 0.717) is 57.1 Å². The van der Waals surface area contributed by atoms with Crippen LogP contribution in [0.1, 0.15) is 71.3 Å². The summed E-state index contributed by atoms with van der Waals surface area (Å²) in [5, 5.41) is 12.3. The van der Waals surface area contributed by atoms with E-state index in [-0.39, 0.29) is 37.4 Å². The smallest absolute Gasteiger partial charge is 0.410 e. The quantitative estimate of drug-likeness (QED) is 0.373. The fourth-order valence-electron chi connectivity index (χ4n) is 5.54. The van der Waals surface area contributed by atoms with Crippen LogP contribution < -0.4 is 10.1 Å². The van der Waals surface area contributed by atoms with E-state index in [1.165, 1.54) is 0 Å². The highest BCUT2D eigenvalue weighted by atomic mass is 19.1. The Morgan fingerprint density at radius 2 is 1.83 bits per heavy atom. The van der Waals surface area contributed by atoms with Gasteiger partial charge in [0.2, 0.25) is 11.8 Å². The maximum atomic E-state index is 13.2. The first-order chi connectivity index (χ1) is 19.9. The highest BCUT2D eigenvalue weighted by molar-refractivity contribution is 5.82. The van der Waals surface area contributed by atoms with Gasteiger partial charge >= 0.3 is 12.1 Å². The van der Waals surface area contributed by atoms with E-state index in [9.17, 15) is 28.7 Å². The van der Waals surface area contributed by atoms with E-state index in [4.69, 9.17) is 9.47 Å². The van der Waals surface area contributed by atoms with Crippen LogP contribution in [0.5, 0.6) is 5.75 Å². The lowest BCUT2D eigenvalue weighted by atomic mass is 9.91. The molecule has 0 saturated carbocycles. The molecule has 234 valence electrons. The zero-order chi connectivity index (χ0) is 30.7. The number of carbonyl (C=O) groups excluding carboxylic acids is 3. The zero-order valence-electron chi connectivity index (χ0n) is 25.1. The molecule has 3 rings (SSSR count). The highest BCUT2D eigenvalue weighted by Crippen LogP contribution is 2.25. The molecule has 11 heteroatoms. The Kier molecular flexibility index (Phi) is 12.4. The van der Waals surface area contributed by atoms with Crippen molar-refractivity contribution < 1.29 is 38.1 Å². The third-order valence-electron chi connectivity index (χ3n) is 7.67. The summed E-state index contributed by atoms with van der Waals surface area (Å²) in [5.41, 5.74) is 0.245. The first kappa shape index (κ1) is 33.1. The molecule has 2 N–H and O–H groups in total. The molecule has 1 aromatic rings. The average molecular weight is 592 g/mol. The normalized spacial score (nSPS) is 18.7. The van der Waals surface area contributed by atoms with Gasteiger partial charge in [-0.15, -0.1) is 0 Å². The minimum Gasteiger partial charge on any atom is -0.491 e. The first-order valence-electron chi connectivity index (χ1n) is 15.0. The fourth-order valence-corrected chi connectivity index (χ4v) is 5.54. The molecule has 0 aliphatic carbocycles. The number of nitrogens with one attached hydrogen (secondary N) is 1. The number of piperidine rings is 2. The molecule has 0 aromatic heterocycles. The molecule has 2 unspecified atom stereocenters. The molecular weight excluding hydrogens is 545 g/mol. The van der Waals surface area contributed by atoms with Crippen molar-refractivity contribution in [3.63, 3.8) is 0 Å². The van der Waals surface area contributed by atoms with Crippen LogP contribution in [0.2, 0.25) is 0 Å². The molecule has 2 fully saturated rings. The number of nitrogens with zero attached hydrogens (tertiary/aromatic N) is 2. The van der Waals surface area contributed by atoms with E-state index < -0.39 is 30.2 Å². The van der Waals surface area contributed by atoms with Crippen LogP contribution in [0.15, 0.2) is 24.3 Å². The number of rotatable bonds is 12. The number of likely N-dealkylation sites (tertiary alicyclic amines) is 2. The van der Waals surface area contributed by atoms with Gasteiger partial charge in [-0.2, -0.15) is 0 Å². The van der Waals surface area contributed by atoms with Crippen LogP contribution in [-0.2, 0) is 25.5 Å². The van der Waals surface area contributed by atoms with E-state index in [1.807, 2.05) is 26.8 Å². The van der Waals surface area contributed by atoms with E-state index in [1.54, 1.807) is 28.0 Å². The standard InChI is InChI=1S/C31H46FN3O7/c1-31(2,3)42-30(40)34-15-11-22(12-16-34)9-10-27(36)35-14-5-7-24(21-35)29(39)33-25(20-28(37)38)18-23-6-4-8-26(19-23)41-17-13-32/h4,6,8,19,22,24-25H,5,7,9-18,20-21H2,1-3H3,(H,33,39)(H,37,38). The van der Waals surface area contributed by atoms with Crippen molar-refractivity contribution in [2.75, 3.05) is 39.5 Å². The maximum Gasteiger partial charge on any atom is 0.410 e. The summed E-state index contributed by atoms with van der Waals surface area (Å²) in [6.45, 7) is 7.01. The van der Waals surface area contributed by atoms with Crippen LogP contribution >= 0.6 is 0 Å². The Morgan fingerprint density at radius 1 is 1.10 bits per heavy atom. The summed E-state index contributed by atoms with van der Waals surface area (Å²) in [5.74, 6) is -0.820. The Bertz CT molecular complexity index is 1070. The van der Waals surface area contributed by atoms with Gasteiger partial charge in [-0.3, -0.25) is 14.4 Å². The van der Waals surface area contributed by atoms with Crippen LogP contribution in [0.25, 0.3) is 0 Å². The number of carbonyl (C=O) groups is 4. The molecule has 10 nitrogen and oxygen atoms in total. The number of carboxylic acid groups (broad SMARTS) is 1. The molecule has 2 aliphatic heterocycles. The number of alkyl halides is 1. The SMILES string of the molecule is CC(C)(C)OC(=O)N1CCC(CCC(=O)N2CCCC(C(=O)NC(CC(=O)O)Cc3cccc(OCCF)c3)C2)CC1. The highest BCUT2D eigenvalue weighted by Gasteiger charge is 2.31. The Balaban J connectivity index is 1.47. The third-order valence-corrected chi connectivity index (χ3v) is 7.67. The van der Waals surface area contributed by atoms with Gasteiger partial charge in [0.05, 0.1) is 12.3 Å². The molecule has 2 aliphatic rings. The predicted molar refractivity (Wildman–Crippen MR) is 155 cm³/mol. The van der Waals surface area contributed by atoms with Crippen molar-refractivity contribution >= 4 is 23.9 Å². The Hall–Kier alpha value is -3.37. The Morgan fingerprint density at radius 3 is 2.50 bits per heavy atom. The first-order valence-corrected chi connectivity index (χ1v) is 15.0. The topological polar surface area (TPSA) is 125 Å². The van der Waals surface area contributed by atoms with Gasteiger partial charge in [-0.05, 0) is 82.9 Å². The van der Waals surface area contributed by atoms with Gasteiger partial charge < -0.3 is 29.7 Å². The summed E-state index contributed by atoms with van der Waals surface area (Å²) in [6.07, 6.45) is 3.87. The van der Waals surface area contributed by atoms with Crippen LogP contribution in [-0.4, -0.2) is 89.9 Å². The van der Waals surface area contributed by atoms with Crippen molar-refractivity contribution in [2.24, 2.45) is 11.8 Å². The molecular formula is C31H46FN3O7. The molecule has 0 spiro atoms. The van der Waals surface area contributed by atoms with Gasteiger partial charge in [0.25, 0.3) is 0 Å². The number of hydrogen-bond acceptors (Lipinski definition) is 6. The third kappa shape index (κ3) is 11.1. The van der Waals surface area contributed by atoms with Crippen LogP contribution in [0.4, 0.5) is 9.18 Å². The number of hydrogen-bond donors (Lipinski definition) is 2. The van der Waals surface area contributed by atoms with Gasteiger partial charge in [-0.1, -0.05) is 12.1 Å².